The van der Waals surface area contributed by atoms with Crippen LogP contribution in [0.1, 0.15) is 20.9 Å². The van der Waals surface area contributed by atoms with Crippen molar-refractivity contribution >= 4 is 38.4 Å². The second-order valence-electron chi connectivity index (χ2n) is 7.64. The number of esters is 1. The Kier molecular flexibility index (Phi) is 5.87. The molecular formula is C25H19NO8S. The monoisotopic (exact) mass is 493 g/mol. The van der Waals surface area contributed by atoms with Crippen molar-refractivity contribution in [3.05, 3.63) is 84.1 Å². The fraction of sp³-hybridized carbons (Fsp3) is 0.120. The van der Waals surface area contributed by atoms with Gasteiger partial charge in [-0.05, 0) is 48.5 Å². The predicted molar refractivity (Wildman–Crippen MR) is 126 cm³/mol. The van der Waals surface area contributed by atoms with E-state index in [0.717, 1.165) is 5.39 Å². The van der Waals surface area contributed by atoms with Crippen LogP contribution in [0.2, 0.25) is 0 Å². The Hall–Kier alpha value is -4.31. The molecule has 10 heteroatoms. The van der Waals surface area contributed by atoms with Crippen molar-refractivity contribution in [1.82, 2.24) is 0 Å². The third-order valence-corrected chi connectivity index (χ3v) is 6.61. The molecular weight excluding hydrogens is 474 g/mol. The number of rotatable bonds is 7. The number of carbonyl (C=O) groups is 2. The third-order valence-electron chi connectivity index (χ3n) is 5.23. The summed E-state index contributed by atoms with van der Waals surface area (Å²) in [6.45, 7) is 0.253. The lowest BCUT2D eigenvalue weighted by Gasteiger charge is -2.19. The molecule has 0 fully saturated rings. The van der Waals surface area contributed by atoms with E-state index in [4.69, 9.17) is 18.6 Å². The van der Waals surface area contributed by atoms with Gasteiger partial charge in [-0.3, -0.25) is 9.52 Å². The quantitative estimate of drug-likeness (QED) is 0.302. The minimum Gasteiger partial charge on any atom is -0.486 e. The maximum Gasteiger partial charge on any atom is 0.338 e. The fourth-order valence-corrected chi connectivity index (χ4v) is 4.56. The Morgan fingerprint density at radius 3 is 2.40 bits per heavy atom. The van der Waals surface area contributed by atoms with Gasteiger partial charge in [-0.1, -0.05) is 18.2 Å². The second kappa shape index (κ2) is 9.15. The number of anilines is 1. The maximum atomic E-state index is 12.7. The van der Waals surface area contributed by atoms with E-state index in [9.17, 15) is 18.0 Å². The number of benzene rings is 3. The SMILES string of the molecule is O=C(OCC(=O)c1cc2ccccc2o1)c1ccc(NS(=O)(=O)c2ccc3c(c2)OCCO3)cc1. The highest BCUT2D eigenvalue weighted by Crippen LogP contribution is 2.32. The van der Waals surface area contributed by atoms with Gasteiger partial charge in [-0.15, -0.1) is 0 Å². The van der Waals surface area contributed by atoms with Crippen molar-refractivity contribution in [2.24, 2.45) is 0 Å². The van der Waals surface area contributed by atoms with Crippen LogP contribution in [0.15, 0.2) is 82.1 Å². The molecule has 5 rings (SSSR count). The molecule has 0 atom stereocenters. The number of hydrogen-bond donors (Lipinski definition) is 1. The standard InChI is InChI=1S/C25H19NO8S/c27-20(23-13-17-3-1-2-4-21(17)34-23)15-33-25(28)16-5-7-18(8-6-16)26-35(29,30)19-9-10-22-24(14-19)32-12-11-31-22/h1-10,13-14,26H,11-12,15H2. The Balaban J connectivity index is 1.21. The van der Waals surface area contributed by atoms with Gasteiger partial charge >= 0.3 is 5.97 Å². The molecule has 0 amide bonds. The first-order chi connectivity index (χ1) is 16.9. The zero-order valence-electron chi connectivity index (χ0n) is 18.2. The number of para-hydroxylation sites is 1. The van der Waals surface area contributed by atoms with Crippen LogP contribution in [0.4, 0.5) is 5.69 Å². The average Bonchev–Trinajstić information content (AvgIpc) is 3.31. The van der Waals surface area contributed by atoms with E-state index in [2.05, 4.69) is 4.72 Å². The van der Waals surface area contributed by atoms with E-state index in [-0.39, 0.29) is 21.9 Å². The van der Waals surface area contributed by atoms with Gasteiger partial charge in [-0.25, -0.2) is 13.2 Å². The van der Waals surface area contributed by atoms with E-state index < -0.39 is 28.4 Å². The molecule has 0 spiro atoms. The molecule has 1 aliphatic rings. The first kappa shape index (κ1) is 22.5. The van der Waals surface area contributed by atoms with Gasteiger partial charge in [0.25, 0.3) is 10.0 Å². The van der Waals surface area contributed by atoms with Gasteiger partial charge in [0.1, 0.15) is 18.8 Å². The molecule has 178 valence electrons. The van der Waals surface area contributed by atoms with Crippen LogP contribution in [0.25, 0.3) is 11.0 Å². The summed E-state index contributed by atoms with van der Waals surface area (Å²) in [6.07, 6.45) is 0. The van der Waals surface area contributed by atoms with Crippen LogP contribution >= 0.6 is 0 Å². The summed E-state index contributed by atoms with van der Waals surface area (Å²) in [7, 11) is -3.90. The minimum absolute atomic E-state index is 0.00864. The topological polar surface area (TPSA) is 121 Å². The number of ketones is 1. The first-order valence-electron chi connectivity index (χ1n) is 10.6. The fourth-order valence-electron chi connectivity index (χ4n) is 3.48. The Bertz CT molecular complexity index is 1490. The number of sulfonamides is 1. The number of nitrogens with one attached hydrogen (secondary N) is 1. The zero-order chi connectivity index (χ0) is 24.4. The molecule has 0 radical (unpaired) electrons. The largest absolute Gasteiger partial charge is 0.486 e. The Labute approximate surface area is 200 Å². The van der Waals surface area contributed by atoms with Gasteiger partial charge in [-0.2, -0.15) is 0 Å². The number of furan rings is 1. The molecule has 2 heterocycles. The van der Waals surface area contributed by atoms with Crippen molar-refractivity contribution in [2.75, 3.05) is 24.5 Å². The summed E-state index contributed by atoms with van der Waals surface area (Å²) in [4.78, 5) is 24.7. The summed E-state index contributed by atoms with van der Waals surface area (Å²) >= 11 is 0. The van der Waals surface area contributed by atoms with Gasteiger partial charge in [0.2, 0.25) is 5.78 Å². The highest BCUT2D eigenvalue weighted by molar-refractivity contribution is 7.92. The van der Waals surface area contributed by atoms with Crippen LogP contribution < -0.4 is 14.2 Å². The van der Waals surface area contributed by atoms with E-state index in [1.807, 2.05) is 12.1 Å². The van der Waals surface area contributed by atoms with Crippen LogP contribution in [-0.4, -0.2) is 40.0 Å². The zero-order valence-corrected chi connectivity index (χ0v) is 19.0. The maximum absolute atomic E-state index is 12.7. The highest BCUT2D eigenvalue weighted by atomic mass is 32.2. The first-order valence-corrected chi connectivity index (χ1v) is 12.1. The molecule has 0 saturated heterocycles. The van der Waals surface area contributed by atoms with E-state index in [0.29, 0.717) is 30.3 Å². The number of carbonyl (C=O) groups excluding carboxylic acids is 2. The second-order valence-corrected chi connectivity index (χ2v) is 9.32. The van der Waals surface area contributed by atoms with E-state index in [1.54, 1.807) is 18.2 Å². The van der Waals surface area contributed by atoms with Crippen molar-refractivity contribution in [3.63, 3.8) is 0 Å². The summed E-state index contributed by atoms with van der Waals surface area (Å²) in [5.41, 5.74) is 0.968. The molecule has 35 heavy (non-hydrogen) atoms. The van der Waals surface area contributed by atoms with Gasteiger partial charge < -0.3 is 18.6 Å². The number of fused-ring (bicyclic) bond motifs is 2. The molecule has 1 N–H and O–H groups in total. The predicted octanol–water partition coefficient (Wildman–Crippen LogP) is 4.04. The van der Waals surface area contributed by atoms with Crippen molar-refractivity contribution in [2.45, 2.75) is 4.90 Å². The summed E-state index contributed by atoms with van der Waals surface area (Å²) in [5.74, 6) is -0.261. The Morgan fingerprint density at radius 1 is 0.886 bits per heavy atom. The van der Waals surface area contributed by atoms with Crippen molar-refractivity contribution in [3.8, 4) is 11.5 Å². The lowest BCUT2D eigenvalue weighted by molar-refractivity contribution is 0.0468. The van der Waals surface area contributed by atoms with Gasteiger partial charge in [0.05, 0.1) is 10.5 Å². The summed E-state index contributed by atoms with van der Waals surface area (Å²) < 4.78 is 49.3. The van der Waals surface area contributed by atoms with Gasteiger partial charge in [0.15, 0.2) is 23.9 Å². The van der Waals surface area contributed by atoms with Crippen molar-refractivity contribution < 1.29 is 36.6 Å². The molecule has 0 saturated carbocycles. The number of ether oxygens (including phenoxy) is 3. The Morgan fingerprint density at radius 2 is 1.63 bits per heavy atom. The van der Waals surface area contributed by atoms with E-state index in [1.165, 1.54) is 42.5 Å². The average molecular weight is 493 g/mol. The van der Waals surface area contributed by atoms with Crippen LogP contribution in [0.3, 0.4) is 0 Å². The highest BCUT2D eigenvalue weighted by Gasteiger charge is 2.20. The van der Waals surface area contributed by atoms with Crippen LogP contribution in [0.5, 0.6) is 11.5 Å². The molecule has 9 nitrogen and oxygen atoms in total. The molecule has 3 aromatic carbocycles. The molecule has 4 aromatic rings. The summed E-state index contributed by atoms with van der Waals surface area (Å²) in [5, 5.41) is 0.775. The van der Waals surface area contributed by atoms with E-state index >= 15 is 0 Å². The van der Waals surface area contributed by atoms with Crippen LogP contribution in [-0.2, 0) is 14.8 Å². The molecule has 0 unspecified atom stereocenters. The van der Waals surface area contributed by atoms with Gasteiger partial charge in [0, 0.05) is 17.1 Å². The molecule has 1 aromatic heterocycles. The molecule has 1 aliphatic heterocycles. The lowest BCUT2D eigenvalue weighted by Crippen LogP contribution is -2.17. The molecule has 0 bridgehead atoms. The lowest BCUT2D eigenvalue weighted by atomic mass is 10.2. The minimum atomic E-state index is -3.90. The third kappa shape index (κ3) is 4.82. The smallest absolute Gasteiger partial charge is 0.338 e. The van der Waals surface area contributed by atoms with Crippen LogP contribution in [0, 0.1) is 0 Å². The summed E-state index contributed by atoms with van der Waals surface area (Å²) in [6, 6.07) is 18.7. The number of Topliss-reactive ketones (excluding diaryl/α,β-unsaturated/α-hetero) is 1. The molecule has 0 aliphatic carbocycles. The number of hydrogen-bond acceptors (Lipinski definition) is 8. The normalized spacial score (nSPS) is 12.8. The van der Waals surface area contributed by atoms with Crippen molar-refractivity contribution in [1.29, 1.82) is 0 Å².